The average molecular weight is 410 g/mol. The number of benzene rings is 1. The van der Waals surface area contributed by atoms with Crippen molar-refractivity contribution >= 4 is 57.2 Å². The Morgan fingerprint density at radius 1 is 0.840 bits per heavy atom. The number of allylic oxidation sites excluding steroid dienone is 2. The first-order valence-corrected chi connectivity index (χ1v) is 13.7. The van der Waals surface area contributed by atoms with Gasteiger partial charge in [0, 0.05) is 16.5 Å². The molecule has 136 valence electrons. The summed E-state index contributed by atoms with van der Waals surface area (Å²) in [5.41, 5.74) is 7.46. The van der Waals surface area contributed by atoms with Crippen molar-refractivity contribution < 1.29 is 4.49 Å². The van der Waals surface area contributed by atoms with Crippen LogP contribution in [0.5, 0.6) is 0 Å². The summed E-state index contributed by atoms with van der Waals surface area (Å²) in [5, 5.41) is 0. The van der Waals surface area contributed by atoms with Crippen LogP contribution in [0.2, 0.25) is 0 Å². The van der Waals surface area contributed by atoms with Crippen molar-refractivity contribution in [3.05, 3.63) is 40.9 Å². The van der Waals surface area contributed by atoms with Crippen LogP contribution in [0.15, 0.2) is 29.7 Å². The molecule has 0 unspecified atom stereocenters. The molecule has 1 spiro atoms. The average Bonchev–Trinajstić information content (AvgIpc) is 3.05. The van der Waals surface area contributed by atoms with Crippen molar-refractivity contribution in [3.63, 3.8) is 0 Å². The van der Waals surface area contributed by atoms with Crippen LogP contribution in [0.1, 0.15) is 52.7 Å². The highest BCUT2D eigenvalue weighted by Gasteiger charge is 2.57. The summed E-state index contributed by atoms with van der Waals surface area (Å²) in [7, 11) is 8.02. The van der Waals surface area contributed by atoms with Crippen LogP contribution in [0, 0.1) is 24.7 Å². The summed E-state index contributed by atoms with van der Waals surface area (Å²) in [5.74, 6) is 0. The van der Waals surface area contributed by atoms with Gasteiger partial charge in [0.15, 0.2) is 5.69 Å². The molecule has 1 aromatic carbocycles. The molecule has 0 aliphatic carbocycles. The van der Waals surface area contributed by atoms with Crippen LogP contribution in [0.4, 0.5) is 5.69 Å². The van der Waals surface area contributed by atoms with Crippen molar-refractivity contribution in [2.24, 2.45) is 10.8 Å². The van der Waals surface area contributed by atoms with E-state index in [2.05, 4.69) is 105 Å². The molecular formula is C19H28BNS4. The lowest BCUT2D eigenvalue weighted by Gasteiger charge is -2.37. The molecule has 2 aliphatic heterocycles. The van der Waals surface area contributed by atoms with Crippen molar-refractivity contribution in [2.75, 3.05) is 0 Å². The summed E-state index contributed by atoms with van der Waals surface area (Å²) in [6.07, 6.45) is 2.53. The standard InChI is InChI=1S/C19H28BNS4/c1-13-10-9-11-14(2)17(13)21-16(19(6,7)8)12-15(18(3,4)5)20(21)22-24-25-23-20/h9-12H,1-8H3. The Balaban J connectivity index is 2.36. The Labute approximate surface area is 168 Å². The number of rotatable bonds is 1. The van der Waals surface area contributed by atoms with E-state index in [1.54, 1.807) is 5.47 Å². The van der Waals surface area contributed by atoms with Gasteiger partial charge in [0.05, 0.1) is 0 Å². The van der Waals surface area contributed by atoms with Crippen LogP contribution in [-0.4, -0.2) is 15.0 Å². The van der Waals surface area contributed by atoms with Gasteiger partial charge in [0.2, 0.25) is 0 Å². The first kappa shape index (κ1) is 19.8. The van der Waals surface area contributed by atoms with Crippen LogP contribution in [0.25, 0.3) is 0 Å². The number of aryl methyl sites for hydroxylation is 2. The lowest BCUT2D eigenvalue weighted by molar-refractivity contribution is -0.286. The molecule has 2 heterocycles. The molecule has 0 bridgehead atoms. The second kappa shape index (κ2) is 6.61. The largest absolute Gasteiger partial charge is 0.433 e. The SMILES string of the molecule is Cc1cccc(C)c1[N+]1=C(C(C)(C)C)C=C(C(C)(C)C)[B-]12SSSS2. The predicted molar refractivity (Wildman–Crippen MR) is 124 cm³/mol. The van der Waals surface area contributed by atoms with Gasteiger partial charge in [-0.05, 0) is 25.3 Å². The van der Waals surface area contributed by atoms with E-state index in [9.17, 15) is 0 Å². The smallest absolute Gasteiger partial charge is 0.393 e. The number of hydrogen-bond acceptors (Lipinski definition) is 4. The second-order valence-corrected chi connectivity index (χ2v) is 15.8. The fraction of sp³-hybridized carbons (Fsp3) is 0.526. The summed E-state index contributed by atoms with van der Waals surface area (Å²) in [6, 6.07) is 6.69. The molecule has 0 amide bonds. The molecule has 0 aromatic heterocycles. The van der Waals surface area contributed by atoms with Crippen LogP contribution >= 0.6 is 40.9 Å². The Morgan fingerprint density at radius 3 is 1.80 bits per heavy atom. The molecule has 6 heteroatoms. The van der Waals surface area contributed by atoms with Crippen LogP contribution < -0.4 is 0 Å². The first-order chi connectivity index (χ1) is 11.5. The summed E-state index contributed by atoms with van der Waals surface area (Å²) in [4.78, 5) is -0.900. The molecule has 25 heavy (non-hydrogen) atoms. The monoisotopic (exact) mass is 409 g/mol. The highest BCUT2D eigenvalue weighted by Crippen LogP contribution is 2.69. The predicted octanol–water partition coefficient (Wildman–Crippen LogP) is 7.59. The van der Waals surface area contributed by atoms with Gasteiger partial charge in [-0.15, -0.1) is 5.47 Å². The molecule has 1 fully saturated rings. The van der Waals surface area contributed by atoms with Gasteiger partial charge >= 0.3 is 4.84 Å². The quantitative estimate of drug-likeness (QED) is 0.347. The normalized spacial score (nSPS) is 20.6. The number of hydrogen-bond donors (Lipinski definition) is 0. The van der Waals surface area contributed by atoms with Gasteiger partial charge in [-0.2, -0.15) is 21.3 Å². The third-order valence-electron chi connectivity index (χ3n) is 4.97. The number of nitrogens with zero attached hydrogens (tertiary/aromatic N) is 1. The Hall–Kier alpha value is 0.0949. The molecule has 2 aliphatic rings. The maximum absolute atomic E-state index is 2.72. The van der Waals surface area contributed by atoms with E-state index in [0.29, 0.717) is 0 Å². The molecule has 1 saturated heterocycles. The second-order valence-electron chi connectivity index (χ2n) is 9.10. The van der Waals surface area contributed by atoms with E-state index < -0.39 is 4.84 Å². The highest BCUT2D eigenvalue weighted by molar-refractivity contribution is 9.41. The van der Waals surface area contributed by atoms with E-state index in [1.165, 1.54) is 22.5 Å². The van der Waals surface area contributed by atoms with Gasteiger partial charge in [-0.3, -0.25) is 0 Å². The molecule has 1 nitrogen and oxygen atoms in total. The lowest BCUT2D eigenvalue weighted by Crippen LogP contribution is -2.43. The number of para-hydroxylation sites is 1. The Bertz CT molecular complexity index is 742. The van der Waals surface area contributed by atoms with E-state index >= 15 is 0 Å². The zero-order chi connectivity index (χ0) is 18.6. The van der Waals surface area contributed by atoms with Crippen LogP contribution in [-0.2, 0) is 0 Å². The summed E-state index contributed by atoms with van der Waals surface area (Å²) in [6.45, 7) is 18.7. The summed E-state index contributed by atoms with van der Waals surface area (Å²) >= 11 is 0. The van der Waals surface area contributed by atoms with E-state index in [1.807, 2.05) is 19.7 Å². The molecule has 0 N–H and O–H groups in total. The molecular weight excluding hydrogens is 381 g/mol. The highest BCUT2D eigenvalue weighted by atomic mass is 33.7. The van der Waals surface area contributed by atoms with Crippen molar-refractivity contribution in [1.82, 2.24) is 0 Å². The molecule has 0 saturated carbocycles. The lowest BCUT2D eigenvalue weighted by atomic mass is 9.65. The minimum atomic E-state index is -0.900. The van der Waals surface area contributed by atoms with E-state index in [-0.39, 0.29) is 10.8 Å². The zero-order valence-electron chi connectivity index (χ0n) is 16.5. The van der Waals surface area contributed by atoms with E-state index in [0.717, 1.165) is 0 Å². The van der Waals surface area contributed by atoms with Crippen molar-refractivity contribution in [1.29, 1.82) is 0 Å². The van der Waals surface area contributed by atoms with Gasteiger partial charge in [0.1, 0.15) is 5.71 Å². The summed E-state index contributed by atoms with van der Waals surface area (Å²) < 4.78 is 2.72. The van der Waals surface area contributed by atoms with E-state index in [4.69, 9.17) is 0 Å². The minimum Gasteiger partial charge on any atom is -0.393 e. The third kappa shape index (κ3) is 3.37. The fourth-order valence-corrected chi connectivity index (χ4v) is 15.0. The molecule has 3 rings (SSSR count). The topological polar surface area (TPSA) is 3.01 Å². The maximum Gasteiger partial charge on any atom is 0.433 e. The zero-order valence-corrected chi connectivity index (χ0v) is 19.7. The van der Waals surface area contributed by atoms with Crippen molar-refractivity contribution in [3.8, 4) is 0 Å². The fourth-order valence-electron chi connectivity index (χ4n) is 3.81. The van der Waals surface area contributed by atoms with Crippen LogP contribution in [0.3, 0.4) is 0 Å². The molecule has 1 aromatic rings. The van der Waals surface area contributed by atoms with Crippen molar-refractivity contribution in [2.45, 2.75) is 55.4 Å². The Kier molecular flexibility index (Phi) is 5.25. The van der Waals surface area contributed by atoms with Gasteiger partial charge in [-0.25, -0.2) is 0 Å². The maximum atomic E-state index is 2.72. The first-order valence-electron chi connectivity index (χ1n) is 8.79. The molecule has 0 radical (unpaired) electrons. The molecule has 0 atom stereocenters. The Morgan fingerprint density at radius 2 is 1.36 bits per heavy atom. The third-order valence-corrected chi connectivity index (χ3v) is 13.7. The minimum absolute atomic E-state index is 0.107. The van der Waals surface area contributed by atoms with Gasteiger partial charge < -0.3 is 4.49 Å². The van der Waals surface area contributed by atoms with Gasteiger partial charge in [-0.1, -0.05) is 79.4 Å². The van der Waals surface area contributed by atoms with Gasteiger partial charge in [0.25, 0.3) is 0 Å².